The average Bonchev–Trinajstić information content (AvgIpc) is 2.83. The molecule has 0 aliphatic heterocycles. The molecular formula is C15H17BIN4OS. The second-order valence-corrected chi connectivity index (χ2v) is 6.62. The van der Waals surface area contributed by atoms with Crippen LogP contribution in [0.5, 0.6) is 0 Å². The van der Waals surface area contributed by atoms with Crippen LogP contribution in [0.15, 0.2) is 29.7 Å². The number of carbonyl (C=O) groups excluding carboxylic acids is 1. The predicted molar refractivity (Wildman–Crippen MR) is 107 cm³/mol. The number of carbonyl (C=O) groups is 1. The van der Waals surface area contributed by atoms with Gasteiger partial charge in [-0.1, -0.05) is 23.9 Å². The molecule has 5 nitrogen and oxygen atoms in total. The highest BCUT2D eigenvalue weighted by Crippen LogP contribution is 2.17. The zero-order valence-electron chi connectivity index (χ0n) is 13.0. The van der Waals surface area contributed by atoms with E-state index in [1.807, 2.05) is 40.8 Å². The summed E-state index contributed by atoms with van der Waals surface area (Å²) in [7, 11) is 0. The number of benzene rings is 1. The highest BCUT2D eigenvalue weighted by Gasteiger charge is 2.06. The molecule has 0 bridgehead atoms. The van der Waals surface area contributed by atoms with Crippen molar-refractivity contribution in [1.82, 2.24) is 14.9 Å². The third kappa shape index (κ3) is 5.10. The number of fused-ring (bicyclic) bond motifs is 1. The summed E-state index contributed by atoms with van der Waals surface area (Å²) in [6, 6.07) is 6.25. The molecule has 0 saturated heterocycles. The summed E-state index contributed by atoms with van der Waals surface area (Å²) in [4.78, 5) is 15.7. The summed E-state index contributed by atoms with van der Waals surface area (Å²) in [6.07, 6.45) is 2.00. The van der Waals surface area contributed by atoms with E-state index in [9.17, 15) is 4.79 Å². The first-order valence-corrected chi connectivity index (χ1v) is 9.17. The molecule has 2 rings (SSSR count). The molecule has 119 valence electrons. The number of aryl methyl sites for hydroxylation is 2. The van der Waals surface area contributed by atoms with Crippen molar-refractivity contribution in [2.45, 2.75) is 20.4 Å². The van der Waals surface area contributed by atoms with Gasteiger partial charge in [0.25, 0.3) is 0 Å². The molecule has 23 heavy (non-hydrogen) atoms. The summed E-state index contributed by atoms with van der Waals surface area (Å²) in [5.74, 6) is 0.802. The zero-order chi connectivity index (χ0) is 16.8. The third-order valence-corrected chi connectivity index (χ3v) is 4.53. The van der Waals surface area contributed by atoms with Crippen LogP contribution in [0, 0.1) is 19.3 Å². The van der Waals surface area contributed by atoms with Crippen LogP contribution in [-0.2, 0) is 6.54 Å². The molecule has 2 N–H and O–H groups in total. The minimum Gasteiger partial charge on any atom is -0.358 e. The molecule has 0 aliphatic carbocycles. The van der Waals surface area contributed by atoms with Gasteiger partial charge in [-0.3, -0.25) is 10.2 Å². The van der Waals surface area contributed by atoms with Crippen molar-refractivity contribution in [3.8, 4) is 0 Å². The van der Waals surface area contributed by atoms with Gasteiger partial charge < -0.3 is 9.88 Å². The minimum atomic E-state index is -0.171. The quantitative estimate of drug-likeness (QED) is 0.313. The van der Waals surface area contributed by atoms with Crippen molar-refractivity contribution in [2.75, 3.05) is 6.54 Å². The van der Waals surface area contributed by atoms with Crippen LogP contribution >= 0.6 is 34.1 Å². The van der Waals surface area contributed by atoms with Crippen molar-refractivity contribution in [3.63, 3.8) is 0 Å². The molecule has 0 spiro atoms. The minimum absolute atomic E-state index is 0.171. The molecule has 1 aromatic carbocycles. The van der Waals surface area contributed by atoms with E-state index in [1.165, 1.54) is 22.5 Å². The topological polar surface area (TPSA) is 70.8 Å². The van der Waals surface area contributed by atoms with Crippen molar-refractivity contribution < 1.29 is 4.79 Å². The smallest absolute Gasteiger partial charge is 0.317 e. The van der Waals surface area contributed by atoms with E-state index in [1.54, 1.807) is 0 Å². The lowest BCUT2D eigenvalue weighted by atomic mass is 10.1. The number of halogens is 1. The second kappa shape index (κ2) is 8.53. The van der Waals surface area contributed by atoms with Crippen LogP contribution in [-0.4, -0.2) is 32.1 Å². The van der Waals surface area contributed by atoms with Crippen LogP contribution in [0.2, 0.25) is 0 Å². The number of imidazole rings is 1. The van der Waals surface area contributed by atoms with Crippen LogP contribution in [0.4, 0.5) is 4.79 Å². The van der Waals surface area contributed by atoms with Crippen LogP contribution in [0.25, 0.3) is 11.0 Å². The van der Waals surface area contributed by atoms with Gasteiger partial charge in [-0.15, -0.1) is 22.4 Å². The summed E-state index contributed by atoms with van der Waals surface area (Å²) >= 11 is 3.18. The fraction of sp³-hybridized carbons (Fsp3) is 0.267. The largest absolute Gasteiger partial charge is 0.358 e. The number of aromatic nitrogens is 2. The summed E-state index contributed by atoms with van der Waals surface area (Å²) in [5, 5.41) is 14.1. The Kier molecular flexibility index (Phi) is 6.70. The van der Waals surface area contributed by atoms with Crippen molar-refractivity contribution >= 4 is 61.2 Å². The third-order valence-electron chi connectivity index (χ3n) is 3.21. The van der Waals surface area contributed by atoms with E-state index in [4.69, 9.17) is 5.41 Å². The first-order chi connectivity index (χ1) is 11.0. The van der Waals surface area contributed by atoms with Crippen LogP contribution in [0.1, 0.15) is 11.4 Å². The van der Waals surface area contributed by atoms with Gasteiger partial charge >= 0.3 is 5.14 Å². The van der Waals surface area contributed by atoms with Gasteiger partial charge in [-0.05, 0) is 37.0 Å². The molecule has 8 heteroatoms. The van der Waals surface area contributed by atoms with E-state index < -0.39 is 0 Å². The van der Waals surface area contributed by atoms with Gasteiger partial charge in [0.15, 0.2) is 5.81 Å². The van der Waals surface area contributed by atoms with Crippen molar-refractivity contribution in [2.24, 2.45) is 0 Å². The Morgan fingerprint density at radius 3 is 3.04 bits per heavy atom. The molecule has 0 fully saturated rings. The molecule has 0 aliphatic rings. The summed E-state index contributed by atoms with van der Waals surface area (Å²) in [6.45, 7) is 5.01. The molecular weight excluding hydrogens is 422 g/mol. The first kappa shape index (κ1) is 18.1. The Labute approximate surface area is 153 Å². The van der Waals surface area contributed by atoms with Gasteiger partial charge in [0, 0.05) is 6.54 Å². The number of rotatable bonds is 6. The Morgan fingerprint density at radius 1 is 1.52 bits per heavy atom. The van der Waals surface area contributed by atoms with Gasteiger partial charge in [0.1, 0.15) is 5.82 Å². The maximum absolute atomic E-state index is 11.1. The number of thioether (sulfide) groups is 1. The van der Waals surface area contributed by atoms with Crippen molar-refractivity contribution in [1.29, 1.82) is 5.41 Å². The summed E-state index contributed by atoms with van der Waals surface area (Å²) < 4.78 is 2.14. The highest BCUT2D eigenvalue weighted by atomic mass is 127. The Balaban J connectivity index is 1.92. The number of amides is 1. The molecule has 0 atom stereocenters. The molecule has 1 radical (unpaired) electrons. The van der Waals surface area contributed by atoms with Crippen LogP contribution < -0.4 is 5.32 Å². The Bertz CT molecular complexity index is 759. The molecule has 1 heterocycles. The van der Waals surface area contributed by atoms with Gasteiger partial charge in [-0.2, -0.15) is 0 Å². The van der Waals surface area contributed by atoms with E-state index in [0.29, 0.717) is 11.6 Å². The maximum atomic E-state index is 11.1. The van der Waals surface area contributed by atoms with E-state index in [0.717, 1.165) is 16.9 Å². The predicted octanol–water partition coefficient (Wildman–Crippen LogP) is 3.64. The number of nitrogens with one attached hydrogen (secondary N) is 2. The average molecular weight is 439 g/mol. The van der Waals surface area contributed by atoms with Gasteiger partial charge in [-0.25, -0.2) is 4.98 Å². The van der Waals surface area contributed by atoms with Crippen molar-refractivity contribution in [3.05, 3.63) is 41.1 Å². The van der Waals surface area contributed by atoms with Crippen LogP contribution in [0.3, 0.4) is 0 Å². The fourth-order valence-electron chi connectivity index (χ4n) is 2.12. The van der Waals surface area contributed by atoms with E-state index in [2.05, 4.69) is 40.0 Å². The lowest BCUT2D eigenvalue weighted by molar-refractivity contribution is 0.260. The van der Waals surface area contributed by atoms with Gasteiger partial charge in [0.2, 0.25) is 0 Å². The second-order valence-electron chi connectivity index (χ2n) is 5.00. The molecule has 1 aromatic heterocycles. The summed E-state index contributed by atoms with van der Waals surface area (Å²) in [5.41, 5.74) is 3.32. The molecule has 0 unspecified atom stereocenters. The van der Waals surface area contributed by atoms with Gasteiger partial charge in [0.05, 0.1) is 22.6 Å². The zero-order valence-corrected chi connectivity index (χ0v) is 15.9. The molecule has 0 saturated carbocycles. The van der Waals surface area contributed by atoms with E-state index >= 15 is 0 Å². The maximum Gasteiger partial charge on any atom is 0.317 e. The van der Waals surface area contributed by atoms with E-state index in [-0.39, 0.29) is 12.4 Å². The highest BCUT2D eigenvalue weighted by molar-refractivity contribution is 14.1. The lowest BCUT2D eigenvalue weighted by Crippen LogP contribution is -2.28. The monoisotopic (exact) mass is 439 g/mol. The molecule has 2 aromatic rings. The number of allylic oxidation sites excluding steroid dienone is 1. The fourth-order valence-corrected chi connectivity index (χ4v) is 2.84. The standard InChI is InChI=1S/C15H17BIN4OS/c1-10-4-5-13-12(8-10)20-11(2)21(13)6-3-7-23-14(18)9-19-15(22)16-17/h3-5,7-8,18H,6,9H2,1-2H3,(H,19,22)/b7-3+,18-14?. The number of nitrogens with zero attached hydrogens (tertiary/aromatic N) is 2. The Hall–Kier alpha value is -1.29. The number of hydrogen-bond acceptors (Lipinski definition) is 4. The lowest BCUT2D eigenvalue weighted by Gasteiger charge is -2.04. The normalized spacial score (nSPS) is 11.1. The Morgan fingerprint density at radius 2 is 2.30 bits per heavy atom. The first-order valence-electron chi connectivity index (χ1n) is 7.05. The number of hydrogen-bond donors (Lipinski definition) is 2. The molecule has 1 amide bonds. The SMILES string of the molecule is Cc1ccc2c(c1)nc(C)n2C/C=C/SC(=N)CNC(=O)[B]I.